The van der Waals surface area contributed by atoms with Gasteiger partial charge in [0, 0.05) is 6.54 Å². The van der Waals surface area contributed by atoms with E-state index in [9.17, 15) is 0 Å². The van der Waals surface area contributed by atoms with E-state index in [0.717, 1.165) is 18.0 Å². The number of hydrogen-bond acceptors (Lipinski definition) is 2. The first-order valence-electron chi connectivity index (χ1n) is 7.01. The van der Waals surface area contributed by atoms with Gasteiger partial charge in [0.2, 0.25) is 0 Å². The third-order valence-electron chi connectivity index (χ3n) is 3.77. The van der Waals surface area contributed by atoms with Gasteiger partial charge < -0.3 is 10.1 Å². The van der Waals surface area contributed by atoms with Gasteiger partial charge in [-0.3, -0.25) is 0 Å². The summed E-state index contributed by atoms with van der Waals surface area (Å²) >= 11 is 0. The molecule has 1 N–H and O–H groups in total. The molecule has 0 bridgehead atoms. The Morgan fingerprint density at radius 2 is 1.60 bits per heavy atom. The molecular formula is C18H23NO. The van der Waals surface area contributed by atoms with Crippen LogP contribution in [0.25, 0.3) is 0 Å². The van der Waals surface area contributed by atoms with Gasteiger partial charge in [0.25, 0.3) is 0 Å². The van der Waals surface area contributed by atoms with Gasteiger partial charge in [0.05, 0.1) is 0 Å². The van der Waals surface area contributed by atoms with Crippen molar-refractivity contribution in [1.29, 1.82) is 0 Å². The number of ether oxygens (including phenoxy) is 1. The van der Waals surface area contributed by atoms with Crippen LogP contribution >= 0.6 is 0 Å². The number of nitrogens with one attached hydrogen (secondary N) is 1. The summed E-state index contributed by atoms with van der Waals surface area (Å²) in [7, 11) is 1.96. The summed E-state index contributed by atoms with van der Waals surface area (Å²) in [6, 6.07) is 10.5. The molecule has 0 heterocycles. The van der Waals surface area contributed by atoms with Crippen LogP contribution in [0.5, 0.6) is 11.5 Å². The normalized spacial score (nSPS) is 10.7. The maximum absolute atomic E-state index is 6.11. The van der Waals surface area contributed by atoms with E-state index in [1.54, 1.807) is 0 Å². The van der Waals surface area contributed by atoms with Gasteiger partial charge in [-0.1, -0.05) is 18.2 Å². The largest absolute Gasteiger partial charge is 0.457 e. The molecule has 0 radical (unpaired) electrons. The van der Waals surface area contributed by atoms with Crippen LogP contribution in [0.15, 0.2) is 30.3 Å². The summed E-state index contributed by atoms with van der Waals surface area (Å²) in [4.78, 5) is 0. The number of hydrogen-bond donors (Lipinski definition) is 1. The number of aryl methyl sites for hydroxylation is 3. The first-order valence-corrected chi connectivity index (χ1v) is 7.01. The minimum absolute atomic E-state index is 0.884. The molecule has 0 aliphatic rings. The third-order valence-corrected chi connectivity index (χ3v) is 3.77. The summed E-state index contributed by atoms with van der Waals surface area (Å²) < 4.78 is 6.11. The van der Waals surface area contributed by atoms with E-state index >= 15 is 0 Å². The molecule has 20 heavy (non-hydrogen) atoms. The highest BCUT2D eigenvalue weighted by molar-refractivity contribution is 5.47. The first kappa shape index (κ1) is 14.6. The molecule has 0 unspecified atom stereocenters. The topological polar surface area (TPSA) is 21.3 Å². The van der Waals surface area contributed by atoms with E-state index < -0.39 is 0 Å². The average Bonchev–Trinajstić information content (AvgIpc) is 2.42. The summed E-state index contributed by atoms with van der Waals surface area (Å²) in [5.41, 5.74) is 6.19. The van der Waals surface area contributed by atoms with Crippen molar-refractivity contribution in [2.24, 2.45) is 0 Å². The van der Waals surface area contributed by atoms with Gasteiger partial charge in [-0.15, -0.1) is 0 Å². The Kier molecular flexibility index (Phi) is 4.46. The molecule has 0 aromatic heterocycles. The van der Waals surface area contributed by atoms with E-state index in [0.29, 0.717) is 0 Å². The quantitative estimate of drug-likeness (QED) is 0.886. The Balaban J connectivity index is 2.31. The van der Waals surface area contributed by atoms with Crippen molar-refractivity contribution < 1.29 is 4.74 Å². The fourth-order valence-electron chi connectivity index (χ4n) is 2.32. The SMILES string of the molecule is CNCc1ccc(Oc2c(C)ccc(C)c2C)cc1C. The molecule has 2 nitrogen and oxygen atoms in total. The van der Waals surface area contributed by atoms with Crippen molar-refractivity contribution in [2.75, 3.05) is 7.05 Å². The van der Waals surface area contributed by atoms with Gasteiger partial charge in [-0.2, -0.15) is 0 Å². The van der Waals surface area contributed by atoms with Crippen LogP contribution in [-0.4, -0.2) is 7.05 Å². The molecule has 2 heteroatoms. The third kappa shape index (κ3) is 3.02. The lowest BCUT2D eigenvalue weighted by Gasteiger charge is -2.15. The predicted molar refractivity (Wildman–Crippen MR) is 84.7 cm³/mol. The van der Waals surface area contributed by atoms with Gasteiger partial charge >= 0.3 is 0 Å². The van der Waals surface area contributed by atoms with Crippen molar-refractivity contribution >= 4 is 0 Å². The van der Waals surface area contributed by atoms with Crippen molar-refractivity contribution in [2.45, 2.75) is 34.2 Å². The van der Waals surface area contributed by atoms with Crippen LogP contribution in [0.3, 0.4) is 0 Å². The standard InChI is InChI=1S/C18H23NO/c1-12-6-7-13(2)18(15(12)4)20-17-9-8-16(11-19-5)14(3)10-17/h6-10,19H,11H2,1-5H3. The Morgan fingerprint density at radius 1 is 0.900 bits per heavy atom. The second-order valence-electron chi connectivity index (χ2n) is 5.37. The smallest absolute Gasteiger partial charge is 0.133 e. The van der Waals surface area contributed by atoms with Crippen LogP contribution in [0.4, 0.5) is 0 Å². The molecule has 0 fully saturated rings. The van der Waals surface area contributed by atoms with Gasteiger partial charge in [-0.25, -0.2) is 0 Å². The highest BCUT2D eigenvalue weighted by atomic mass is 16.5. The lowest BCUT2D eigenvalue weighted by Crippen LogP contribution is -2.06. The predicted octanol–water partition coefficient (Wildman–Crippen LogP) is 4.43. The highest BCUT2D eigenvalue weighted by Gasteiger charge is 2.08. The van der Waals surface area contributed by atoms with Crippen molar-refractivity contribution in [3.8, 4) is 11.5 Å². The second-order valence-corrected chi connectivity index (χ2v) is 5.37. The molecule has 2 rings (SSSR count). The van der Waals surface area contributed by atoms with Crippen LogP contribution in [0.1, 0.15) is 27.8 Å². The van der Waals surface area contributed by atoms with Crippen LogP contribution in [-0.2, 0) is 6.54 Å². The molecule has 0 amide bonds. The van der Waals surface area contributed by atoms with E-state index in [2.05, 4.69) is 57.3 Å². The minimum Gasteiger partial charge on any atom is -0.457 e. The number of rotatable bonds is 4. The molecule has 106 valence electrons. The maximum Gasteiger partial charge on any atom is 0.133 e. The zero-order valence-corrected chi connectivity index (χ0v) is 13.0. The zero-order valence-electron chi connectivity index (χ0n) is 13.0. The molecule has 0 saturated carbocycles. The lowest BCUT2D eigenvalue weighted by atomic mass is 10.0. The monoisotopic (exact) mass is 269 g/mol. The van der Waals surface area contributed by atoms with Gasteiger partial charge in [-0.05, 0) is 74.7 Å². The Labute approximate surface area is 121 Å². The molecule has 0 atom stereocenters. The summed E-state index contributed by atoms with van der Waals surface area (Å²) in [5.74, 6) is 1.88. The Hall–Kier alpha value is -1.80. The van der Waals surface area contributed by atoms with Gasteiger partial charge in [0.1, 0.15) is 11.5 Å². The van der Waals surface area contributed by atoms with Crippen LogP contribution < -0.4 is 10.1 Å². The summed E-state index contributed by atoms with van der Waals surface area (Å²) in [5, 5.41) is 3.18. The van der Waals surface area contributed by atoms with Crippen LogP contribution in [0, 0.1) is 27.7 Å². The lowest BCUT2D eigenvalue weighted by molar-refractivity contribution is 0.474. The minimum atomic E-state index is 0.884. The molecule has 0 aliphatic heterocycles. The van der Waals surface area contributed by atoms with E-state index in [1.165, 1.54) is 27.8 Å². The molecule has 2 aromatic rings. The molecule has 0 spiro atoms. The molecular weight excluding hydrogens is 246 g/mol. The number of benzene rings is 2. The molecule has 0 saturated heterocycles. The molecule has 2 aromatic carbocycles. The summed E-state index contributed by atoms with van der Waals surface area (Å²) in [6.07, 6.45) is 0. The highest BCUT2D eigenvalue weighted by Crippen LogP contribution is 2.31. The van der Waals surface area contributed by atoms with Gasteiger partial charge in [0.15, 0.2) is 0 Å². The average molecular weight is 269 g/mol. The van der Waals surface area contributed by atoms with Crippen LogP contribution in [0.2, 0.25) is 0 Å². The Morgan fingerprint density at radius 3 is 2.25 bits per heavy atom. The van der Waals surface area contributed by atoms with Crippen molar-refractivity contribution in [3.63, 3.8) is 0 Å². The first-order chi connectivity index (χ1) is 9.52. The van der Waals surface area contributed by atoms with E-state index in [-0.39, 0.29) is 0 Å². The Bertz CT molecular complexity index is 617. The van der Waals surface area contributed by atoms with E-state index in [4.69, 9.17) is 4.74 Å². The fourth-order valence-corrected chi connectivity index (χ4v) is 2.32. The summed E-state index contributed by atoms with van der Waals surface area (Å²) in [6.45, 7) is 9.32. The fraction of sp³-hybridized carbons (Fsp3) is 0.333. The second kappa shape index (κ2) is 6.10. The van der Waals surface area contributed by atoms with Crippen molar-refractivity contribution in [3.05, 3.63) is 58.1 Å². The molecule has 0 aliphatic carbocycles. The van der Waals surface area contributed by atoms with Crippen molar-refractivity contribution in [1.82, 2.24) is 5.32 Å². The maximum atomic E-state index is 6.11. The van der Waals surface area contributed by atoms with E-state index in [1.807, 2.05) is 13.1 Å². The zero-order chi connectivity index (χ0) is 14.7.